The van der Waals surface area contributed by atoms with Gasteiger partial charge in [-0.25, -0.2) is 4.39 Å². The van der Waals surface area contributed by atoms with Crippen molar-refractivity contribution in [3.8, 4) is 0 Å². The molecule has 1 aromatic carbocycles. The molecular formula is C12H16BrFN2O. The Labute approximate surface area is 109 Å². The lowest BCUT2D eigenvalue weighted by Crippen LogP contribution is -2.43. The van der Waals surface area contributed by atoms with Crippen molar-refractivity contribution in [1.29, 1.82) is 0 Å². The van der Waals surface area contributed by atoms with Gasteiger partial charge in [0.1, 0.15) is 5.82 Å². The van der Waals surface area contributed by atoms with E-state index in [1.807, 2.05) is 13.8 Å². The van der Waals surface area contributed by atoms with Gasteiger partial charge in [-0.1, -0.05) is 19.9 Å². The molecule has 0 aliphatic rings. The molecule has 0 aliphatic carbocycles. The van der Waals surface area contributed by atoms with Crippen molar-refractivity contribution >= 4 is 21.8 Å². The van der Waals surface area contributed by atoms with E-state index in [4.69, 9.17) is 5.73 Å². The van der Waals surface area contributed by atoms with Crippen molar-refractivity contribution in [3.63, 3.8) is 0 Å². The van der Waals surface area contributed by atoms with E-state index < -0.39 is 11.7 Å². The molecule has 0 bridgehead atoms. The monoisotopic (exact) mass is 302 g/mol. The second-order valence-corrected chi connectivity index (χ2v) is 5.02. The Bertz CT molecular complexity index is 409. The Morgan fingerprint density at radius 1 is 1.53 bits per heavy atom. The highest BCUT2D eigenvalue weighted by Gasteiger charge is 2.18. The molecule has 1 amide bonds. The van der Waals surface area contributed by atoms with Crippen LogP contribution in [0.2, 0.25) is 0 Å². The van der Waals surface area contributed by atoms with Gasteiger partial charge >= 0.3 is 0 Å². The smallest absolute Gasteiger partial charge is 0.254 e. The van der Waals surface area contributed by atoms with Gasteiger partial charge in [-0.05, 0) is 34.0 Å². The summed E-state index contributed by atoms with van der Waals surface area (Å²) in [5.74, 6) is -0.781. The van der Waals surface area contributed by atoms with Crippen molar-refractivity contribution < 1.29 is 9.18 Å². The number of carbonyl (C=O) groups excluding carboxylic acids is 1. The van der Waals surface area contributed by atoms with Crippen LogP contribution in [0.5, 0.6) is 0 Å². The minimum absolute atomic E-state index is 0.0264. The van der Waals surface area contributed by atoms with Gasteiger partial charge in [-0.2, -0.15) is 0 Å². The highest BCUT2D eigenvalue weighted by atomic mass is 79.9. The molecular weight excluding hydrogens is 287 g/mol. The first kappa shape index (κ1) is 14.1. The fourth-order valence-electron chi connectivity index (χ4n) is 1.42. The molecule has 0 heterocycles. The maximum Gasteiger partial charge on any atom is 0.254 e. The molecule has 3 nitrogen and oxygen atoms in total. The van der Waals surface area contributed by atoms with Gasteiger partial charge in [0.15, 0.2) is 0 Å². The number of amides is 1. The molecule has 1 atom stereocenters. The Morgan fingerprint density at radius 2 is 2.18 bits per heavy atom. The van der Waals surface area contributed by atoms with Gasteiger partial charge in [0.2, 0.25) is 0 Å². The predicted octanol–water partition coefficient (Wildman–Crippen LogP) is 2.30. The normalized spacial score (nSPS) is 12.6. The van der Waals surface area contributed by atoms with E-state index in [1.165, 1.54) is 6.07 Å². The van der Waals surface area contributed by atoms with E-state index in [9.17, 15) is 9.18 Å². The Morgan fingerprint density at radius 3 is 2.71 bits per heavy atom. The van der Waals surface area contributed by atoms with Gasteiger partial charge < -0.3 is 11.1 Å². The lowest BCUT2D eigenvalue weighted by molar-refractivity contribution is 0.0923. The maximum absolute atomic E-state index is 13.7. The zero-order valence-corrected chi connectivity index (χ0v) is 11.4. The highest BCUT2D eigenvalue weighted by molar-refractivity contribution is 9.10. The van der Waals surface area contributed by atoms with Gasteiger partial charge in [-0.3, -0.25) is 4.79 Å². The van der Waals surface area contributed by atoms with Crippen molar-refractivity contribution in [2.24, 2.45) is 11.7 Å². The second-order valence-electron chi connectivity index (χ2n) is 4.16. The molecule has 0 aliphatic heterocycles. The van der Waals surface area contributed by atoms with Crippen LogP contribution in [-0.4, -0.2) is 18.5 Å². The molecule has 0 spiro atoms. The van der Waals surface area contributed by atoms with Crippen LogP contribution in [0.25, 0.3) is 0 Å². The van der Waals surface area contributed by atoms with E-state index in [-0.39, 0.29) is 22.0 Å². The number of halogens is 2. The highest BCUT2D eigenvalue weighted by Crippen LogP contribution is 2.18. The number of hydrogen-bond donors (Lipinski definition) is 2. The summed E-state index contributed by atoms with van der Waals surface area (Å²) in [7, 11) is 0. The molecule has 0 fully saturated rings. The van der Waals surface area contributed by atoms with E-state index >= 15 is 0 Å². The number of benzene rings is 1. The van der Waals surface area contributed by atoms with Crippen LogP contribution in [0.4, 0.5) is 4.39 Å². The Balaban J connectivity index is 2.86. The van der Waals surface area contributed by atoms with E-state index in [2.05, 4.69) is 21.2 Å². The molecule has 5 heteroatoms. The van der Waals surface area contributed by atoms with Crippen molar-refractivity contribution in [2.45, 2.75) is 19.9 Å². The summed E-state index contributed by atoms with van der Waals surface area (Å²) in [6.07, 6.45) is 0. The van der Waals surface area contributed by atoms with Crippen molar-refractivity contribution in [3.05, 3.63) is 34.1 Å². The summed E-state index contributed by atoms with van der Waals surface area (Å²) in [6.45, 7) is 4.24. The van der Waals surface area contributed by atoms with E-state index in [1.54, 1.807) is 12.1 Å². The molecule has 1 unspecified atom stereocenters. The van der Waals surface area contributed by atoms with Crippen LogP contribution in [-0.2, 0) is 0 Å². The van der Waals surface area contributed by atoms with Gasteiger partial charge in [0, 0.05) is 12.6 Å². The third kappa shape index (κ3) is 3.51. The standard InChI is InChI=1S/C12H16BrFN2O/c1-7(2)10(6-15)16-12(17)8-4-3-5-9(13)11(8)14/h3-5,7,10H,6,15H2,1-2H3,(H,16,17). The molecule has 3 N–H and O–H groups in total. The minimum Gasteiger partial charge on any atom is -0.348 e. The van der Waals surface area contributed by atoms with Crippen LogP contribution in [0.15, 0.2) is 22.7 Å². The number of carbonyl (C=O) groups is 1. The number of rotatable bonds is 4. The SMILES string of the molecule is CC(C)C(CN)NC(=O)c1cccc(Br)c1F. The zero-order valence-electron chi connectivity index (χ0n) is 9.84. The summed E-state index contributed by atoms with van der Waals surface area (Å²) in [5.41, 5.74) is 5.58. The van der Waals surface area contributed by atoms with E-state index in [0.717, 1.165) is 0 Å². The van der Waals surface area contributed by atoms with Crippen LogP contribution in [0, 0.1) is 11.7 Å². The fraction of sp³-hybridized carbons (Fsp3) is 0.417. The van der Waals surface area contributed by atoms with Crippen LogP contribution in [0.1, 0.15) is 24.2 Å². The first-order chi connectivity index (χ1) is 7.97. The average Bonchev–Trinajstić information content (AvgIpc) is 2.28. The van der Waals surface area contributed by atoms with E-state index in [0.29, 0.717) is 6.54 Å². The summed E-state index contributed by atoms with van der Waals surface area (Å²) < 4.78 is 13.9. The van der Waals surface area contributed by atoms with Gasteiger partial charge in [0.05, 0.1) is 10.0 Å². The first-order valence-electron chi connectivity index (χ1n) is 5.42. The third-order valence-corrected chi connectivity index (χ3v) is 3.18. The van der Waals surface area contributed by atoms with Gasteiger partial charge in [0.25, 0.3) is 5.91 Å². The Hall–Kier alpha value is -0.940. The lowest BCUT2D eigenvalue weighted by Gasteiger charge is -2.20. The number of hydrogen-bond acceptors (Lipinski definition) is 2. The maximum atomic E-state index is 13.7. The predicted molar refractivity (Wildman–Crippen MR) is 69.2 cm³/mol. The molecule has 0 saturated carbocycles. The third-order valence-electron chi connectivity index (χ3n) is 2.57. The molecule has 0 aromatic heterocycles. The molecule has 0 saturated heterocycles. The average molecular weight is 303 g/mol. The summed E-state index contributed by atoms with van der Waals surface area (Å²) in [5, 5.41) is 2.73. The molecule has 94 valence electrons. The van der Waals surface area contributed by atoms with Crippen LogP contribution < -0.4 is 11.1 Å². The molecule has 1 rings (SSSR count). The Kier molecular flexibility index (Phi) is 5.08. The van der Waals surface area contributed by atoms with Crippen LogP contribution >= 0.6 is 15.9 Å². The van der Waals surface area contributed by atoms with Gasteiger partial charge in [-0.15, -0.1) is 0 Å². The number of nitrogens with two attached hydrogens (primary N) is 1. The van der Waals surface area contributed by atoms with Crippen LogP contribution in [0.3, 0.4) is 0 Å². The zero-order chi connectivity index (χ0) is 13.0. The molecule has 1 aromatic rings. The molecule has 17 heavy (non-hydrogen) atoms. The summed E-state index contributed by atoms with van der Waals surface area (Å²) in [4.78, 5) is 11.9. The van der Waals surface area contributed by atoms with Crippen molar-refractivity contribution in [1.82, 2.24) is 5.32 Å². The quantitative estimate of drug-likeness (QED) is 0.897. The summed E-state index contributed by atoms with van der Waals surface area (Å²) >= 11 is 3.05. The number of nitrogens with one attached hydrogen (secondary N) is 1. The second kappa shape index (κ2) is 6.12. The minimum atomic E-state index is -0.551. The lowest BCUT2D eigenvalue weighted by atomic mass is 10.0. The fourth-order valence-corrected chi connectivity index (χ4v) is 1.79. The molecule has 0 radical (unpaired) electrons. The largest absolute Gasteiger partial charge is 0.348 e. The first-order valence-corrected chi connectivity index (χ1v) is 6.21. The van der Waals surface area contributed by atoms with Crippen molar-refractivity contribution in [2.75, 3.05) is 6.54 Å². The topological polar surface area (TPSA) is 55.1 Å². The summed E-state index contributed by atoms with van der Waals surface area (Å²) in [6, 6.07) is 4.47.